The standard InChI is InChI=1S/C23H25N3O4/c1-2-30-19-9-7-17(8-10-19)15-25-21(27)11-13-24-22(28)16-26-14-12-18-5-3-4-6-20(18)23(26)29/h3-10,12,14H,2,11,13,15-16H2,1H3,(H,24,28)(H,25,27). The average molecular weight is 407 g/mol. The Morgan fingerprint density at radius 2 is 1.73 bits per heavy atom. The zero-order valence-corrected chi connectivity index (χ0v) is 16.9. The van der Waals surface area contributed by atoms with Crippen molar-refractivity contribution < 1.29 is 14.3 Å². The topological polar surface area (TPSA) is 89.4 Å². The van der Waals surface area contributed by atoms with Gasteiger partial charge in [0.25, 0.3) is 5.56 Å². The van der Waals surface area contributed by atoms with E-state index in [0.717, 1.165) is 16.7 Å². The molecule has 156 valence electrons. The molecule has 1 heterocycles. The van der Waals surface area contributed by atoms with Crippen molar-refractivity contribution in [3.63, 3.8) is 0 Å². The van der Waals surface area contributed by atoms with Crippen molar-refractivity contribution in [2.75, 3.05) is 13.2 Å². The summed E-state index contributed by atoms with van der Waals surface area (Å²) in [6.45, 7) is 3.06. The molecule has 2 N–H and O–H groups in total. The van der Waals surface area contributed by atoms with Crippen molar-refractivity contribution in [1.29, 1.82) is 0 Å². The maximum absolute atomic E-state index is 12.4. The minimum absolute atomic E-state index is 0.0858. The summed E-state index contributed by atoms with van der Waals surface area (Å²) < 4.78 is 6.75. The Morgan fingerprint density at radius 3 is 2.50 bits per heavy atom. The predicted octanol–water partition coefficient (Wildman–Crippen LogP) is 2.22. The van der Waals surface area contributed by atoms with E-state index in [1.807, 2.05) is 43.3 Å². The Morgan fingerprint density at radius 1 is 0.967 bits per heavy atom. The molecule has 0 saturated heterocycles. The number of carbonyl (C=O) groups excluding carboxylic acids is 2. The van der Waals surface area contributed by atoms with Crippen LogP contribution in [0.15, 0.2) is 65.6 Å². The maximum atomic E-state index is 12.4. The molecule has 0 aliphatic heterocycles. The lowest BCUT2D eigenvalue weighted by molar-refractivity contribution is -0.122. The molecule has 3 rings (SSSR count). The van der Waals surface area contributed by atoms with Crippen molar-refractivity contribution in [2.24, 2.45) is 0 Å². The molecular weight excluding hydrogens is 382 g/mol. The van der Waals surface area contributed by atoms with Crippen LogP contribution in [-0.4, -0.2) is 29.5 Å². The van der Waals surface area contributed by atoms with Gasteiger partial charge in [0, 0.05) is 31.1 Å². The van der Waals surface area contributed by atoms with Gasteiger partial charge in [0.05, 0.1) is 6.61 Å². The van der Waals surface area contributed by atoms with Gasteiger partial charge in [-0.25, -0.2) is 0 Å². The van der Waals surface area contributed by atoms with E-state index in [-0.39, 0.29) is 36.9 Å². The van der Waals surface area contributed by atoms with Gasteiger partial charge in [0.15, 0.2) is 0 Å². The number of amides is 2. The van der Waals surface area contributed by atoms with Gasteiger partial charge in [-0.05, 0) is 42.1 Å². The first-order valence-corrected chi connectivity index (χ1v) is 9.90. The largest absolute Gasteiger partial charge is 0.494 e. The van der Waals surface area contributed by atoms with Crippen LogP contribution in [0.4, 0.5) is 0 Å². The Balaban J connectivity index is 1.41. The van der Waals surface area contributed by atoms with Gasteiger partial charge in [-0.3, -0.25) is 14.4 Å². The molecule has 1 aromatic heterocycles. The van der Waals surface area contributed by atoms with Gasteiger partial charge in [0.2, 0.25) is 11.8 Å². The SMILES string of the molecule is CCOc1ccc(CNC(=O)CCNC(=O)Cn2ccc3ccccc3c2=O)cc1. The molecule has 2 amide bonds. The van der Waals surface area contributed by atoms with Crippen molar-refractivity contribution in [1.82, 2.24) is 15.2 Å². The minimum atomic E-state index is -0.313. The lowest BCUT2D eigenvalue weighted by Crippen LogP contribution is -2.34. The lowest BCUT2D eigenvalue weighted by Gasteiger charge is -2.09. The number of pyridine rings is 1. The van der Waals surface area contributed by atoms with E-state index in [0.29, 0.717) is 18.5 Å². The third-order valence-corrected chi connectivity index (χ3v) is 4.60. The van der Waals surface area contributed by atoms with E-state index in [1.54, 1.807) is 24.4 Å². The number of fused-ring (bicyclic) bond motifs is 1. The second-order valence-electron chi connectivity index (χ2n) is 6.79. The zero-order chi connectivity index (χ0) is 21.3. The van der Waals surface area contributed by atoms with Gasteiger partial charge in [-0.1, -0.05) is 30.3 Å². The second-order valence-corrected chi connectivity index (χ2v) is 6.79. The first-order valence-electron chi connectivity index (χ1n) is 9.90. The molecule has 0 bridgehead atoms. The molecule has 0 unspecified atom stereocenters. The van der Waals surface area contributed by atoms with E-state index in [1.165, 1.54) is 4.57 Å². The predicted molar refractivity (Wildman–Crippen MR) is 115 cm³/mol. The smallest absolute Gasteiger partial charge is 0.258 e. The number of nitrogens with zero attached hydrogens (tertiary/aromatic N) is 1. The minimum Gasteiger partial charge on any atom is -0.494 e. The number of aromatic nitrogens is 1. The van der Waals surface area contributed by atoms with Crippen LogP contribution in [0.3, 0.4) is 0 Å². The Hall–Kier alpha value is -3.61. The van der Waals surface area contributed by atoms with E-state index >= 15 is 0 Å². The molecule has 0 atom stereocenters. The van der Waals surface area contributed by atoms with E-state index in [2.05, 4.69) is 10.6 Å². The van der Waals surface area contributed by atoms with Crippen LogP contribution in [0.2, 0.25) is 0 Å². The fourth-order valence-electron chi connectivity index (χ4n) is 3.04. The molecule has 0 saturated carbocycles. The summed E-state index contributed by atoms with van der Waals surface area (Å²) in [5.74, 6) is 0.319. The summed E-state index contributed by atoms with van der Waals surface area (Å²) in [7, 11) is 0. The van der Waals surface area contributed by atoms with Crippen molar-refractivity contribution in [3.8, 4) is 5.75 Å². The van der Waals surface area contributed by atoms with Gasteiger partial charge >= 0.3 is 0 Å². The van der Waals surface area contributed by atoms with Crippen LogP contribution >= 0.6 is 0 Å². The monoisotopic (exact) mass is 407 g/mol. The molecule has 7 nitrogen and oxygen atoms in total. The highest BCUT2D eigenvalue weighted by Crippen LogP contribution is 2.12. The highest BCUT2D eigenvalue weighted by Gasteiger charge is 2.08. The van der Waals surface area contributed by atoms with Crippen LogP contribution in [0.1, 0.15) is 18.9 Å². The van der Waals surface area contributed by atoms with Crippen LogP contribution in [-0.2, 0) is 22.7 Å². The number of benzene rings is 2. The molecule has 0 radical (unpaired) electrons. The van der Waals surface area contributed by atoms with Gasteiger partial charge in [0.1, 0.15) is 12.3 Å². The molecule has 7 heteroatoms. The third-order valence-electron chi connectivity index (χ3n) is 4.60. The normalized spacial score (nSPS) is 10.6. The number of nitrogens with one attached hydrogen (secondary N) is 2. The van der Waals surface area contributed by atoms with Crippen LogP contribution < -0.4 is 20.9 Å². The average Bonchev–Trinajstić information content (AvgIpc) is 2.76. The summed E-state index contributed by atoms with van der Waals surface area (Å²) in [4.78, 5) is 36.6. The molecule has 0 fully saturated rings. The Kier molecular flexibility index (Phi) is 7.21. The van der Waals surface area contributed by atoms with E-state index < -0.39 is 0 Å². The van der Waals surface area contributed by atoms with E-state index in [9.17, 15) is 14.4 Å². The second kappa shape index (κ2) is 10.2. The highest BCUT2D eigenvalue weighted by molar-refractivity contribution is 5.82. The molecule has 0 aliphatic carbocycles. The third kappa shape index (κ3) is 5.70. The lowest BCUT2D eigenvalue weighted by atomic mass is 10.2. The molecular formula is C23H25N3O4. The van der Waals surface area contributed by atoms with Crippen molar-refractivity contribution in [2.45, 2.75) is 26.4 Å². The summed E-state index contributed by atoms with van der Waals surface area (Å²) in [6, 6.07) is 16.6. The Bertz CT molecular complexity index is 1070. The fraction of sp³-hybridized carbons (Fsp3) is 0.261. The maximum Gasteiger partial charge on any atom is 0.258 e. The van der Waals surface area contributed by atoms with Gasteiger partial charge < -0.3 is 19.9 Å². The summed E-state index contributed by atoms with van der Waals surface area (Å²) in [6.07, 6.45) is 1.77. The van der Waals surface area contributed by atoms with Crippen LogP contribution in [0.5, 0.6) is 5.75 Å². The van der Waals surface area contributed by atoms with Crippen LogP contribution in [0.25, 0.3) is 10.8 Å². The molecule has 3 aromatic rings. The van der Waals surface area contributed by atoms with Gasteiger partial charge in [-0.15, -0.1) is 0 Å². The molecule has 0 aliphatic rings. The summed E-state index contributed by atoms with van der Waals surface area (Å²) >= 11 is 0. The molecule has 0 spiro atoms. The Labute approximate surface area is 174 Å². The number of rotatable bonds is 9. The van der Waals surface area contributed by atoms with Gasteiger partial charge in [-0.2, -0.15) is 0 Å². The van der Waals surface area contributed by atoms with E-state index in [4.69, 9.17) is 4.74 Å². The number of hydrogen-bond donors (Lipinski definition) is 2. The molecule has 30 heavy (non-hydrogen) atoms. The van der Waals surface area contributed by atoms with Crippen LogP contribution in [0, 0.1) is 0 Å². The zero-order valence-electron chi connectivity index (χ0n) is 16.9. The summed E-state index contributed by atoms with van der Waals surface area (Å²) in [5, 5.41) is 6.91. The van der Waals surface area contributed by atoms with Crippen molar-refractivity contribution >= 4 is 22.6 Å². The number of carbonyl (C=O) groups is 2. The summed E-state index contributed by atoms with van der Waals surface area (Å²) in [5.41, 5.74) is 0.753. The number of hydrogen-bond acceptors (Lipinski definition) is 4. The van der Waals surface area contributed by atoms with Crippen molar-refractivity contribution in [3.05, 3.63) is 76.7 Å². The highest BCUT2D eigenvalue weighted by atomic mass is 16.5. The molecule has 2 aromatic carbocycles. The number of ether oxygens (including phenoxy) is 1. The first kappa shape index (κ1) is 21.1. The first-order chi connectivity index (χ1) is 14.6. The fourth-order valence-corrected chi connectivity index (χ4v) is 3.04. The quantitative estimate of drug-likeness (QED) is 0.569.